The molecule has 0 bridgehead atoms. The average molecular weight is 353 g/mol. The third-order valence-electron chi connectivity index (χ3n) is 3.89. The van der Waals surface area contributed by atoms with Crippen LogP contribution in [-0.2, 0) is 14.3 Å². The second-order valence-electron chi connectivity index (χ2n) is 5.83. The van der Waals surface area contributed by atoms with Crippen molar-refractivity contribution in [1.29, 1.82) is 0 Å². The summed E-state index contributed by atoms with van der Waals surface area (Å²) >= 11 is 0. The fourth-order valence-electron chi connectivity index (χ4n) is 2.42. The fourth-order valence-corrected chi connectivity index (χ4v) is 2.42. The third-order valence-corrected chi connectivity index (χ3v) is 3.89. The molecular formula is C20H19NO5. The van der Waals surface area contributed by atoms with Crippen LogP contribution < -0.4 is 14.8 Å². The van der Waals surface area contributed by atoms with Crippen molar-refractivity contribution in [2.24, 2.45) is 0 Å². The summed E-state index contributed by atoms with van der Waals surface area (Å²) in [7, 11) is 0. The van der Waals surface area contributed by atoms with Crippen LogP contribution in [-0.4, -0.2) is 24.8 Å². The van der Waals surface area contributed by atoms with E-state index in [1.807, 2.05) is 31.2 Å². The van der Waals surface area contributed by atoms with Gasteiger partial charge in [0.05, 0.1) is 0 Å². The van der Waals surface area contributed by atoms with E-state index in [4.69, 9.17) is 14.2 Å². The second-order valence-corrected chi connectivity index (χ2v) is 5.83. The van der Waals surface area contributed by atoms with Gasteiger partial charge in [-0.15, -0.1) is 0 Å². The lowest BCUT2D eigenvalue weighted by Crippen LogP contribution is -2.29. The minimum absolute atomic E-state index is 0.161. The molecule has 2 aromatic rings. The molecule has 134 valence electrons. The van der Waals surface area contributed by atoms with Gasteiger partial charge in [0.1, 0.15) is 0 Å². The normalized spacial score (nSPS) is 13.5. The molecule has 1 aliphatic rings. The predicted molar refractivity (Wildman–Crippen MR) is 97.0 cm³/mol. The second kappa shape index (κ2) is 7.74. The average Bonchev–Trinajstić information content (AvgIpc) is 3.08. The van der Waals surface area contributed by atoms with Crippen molar-refractivity contribution in [1.82, 2.24) is 0 Å². The van der Waals surface area contributed by atoms with Gasteiger partial charge in [0.15, 0.2) is 17.6 Å². The van der Waals surface area contributed by atoms with E-state index >= 15 is 0 Å². The number of fused-ring (bicyclic) bond motifs is 1. The van der Waals surface area contributed by atoms with Crippen molar-refractivity contribution >= 4 is 23.6 Å². The molecule has 0 saturated heterocycles. The van der Waals surface area contributed by atoms with Gasteiger partial charge < -0.3 is 19.5 Å². The van der Waals surface area contributed by atoms with Gasteiger partial charge in [0, 0.05) is 17.8 Å². The molecular weight excluding hydrogens is 334 g/mol. The van der Waals surface area contributed by atoms with Crippen LogP contribution in [0.2, 0.25) is 0 Å². The van der Waals surface area contributed by atoms with Gasteiger partial charge in [0.2, 0.25) is 6.79 Å². The number of carbonyl (C=O) groups excluding carboxylic acids is 2. The number of carbonyl (C=O) groups is 2. The minimum Gasteiger partial charge on any atom is -0.454 e. The van der Waals surface area contributed by atoms with Gasteiger partial charge >= 0.3 is 5.97 Å². The van der Waals surface area contributed by atoms with E-state index in [2.05, 4.69) is 5.32 Å². The van der Waals surface area contributed by atoms with E-state index in [1.54, 1.807) is 24.3 Å². The Kier molecular flexibility index (Phi) is 5.22. The Bertz CT molecular complexity index is 859. The zero-order chi connectivity index (χ0) is 18.5. The van der Waals surface area contributed by atoms with Gasteiger partial charge in [0.25, 0.3) is 5.91 Å². The smallest absolute Gasteiger partial charge is 0.331 e. The molecule has 3 rings (SSSR count). The lowest BCUT2D eigenvalue weighted by atomic mass is 10.1. The van der Waals surface area contributed by atoms with E-state index in [0.29, 0.717) is 17.2 Å². The van der Waals surface area contributed by atoms with Crippen LogP contribution in [0.1, 0.15) is 18.1 Å². The number of hydrogen-bond donors (Lipinski definition) is 1. The van der Waals surface area contributed by atoms with Crippen LogP contribution in [0.5, 0.6) is 11.5 Å². The fraction of sp³-hybridized carbons (Fsp3) is 0.200. The summed E-state index contributed by atoms with van der Waals surface area (Å²) in [6, 6.07) is 12.7. The van der Waals surface area contributed by atoms with Gasteiger partial charge in [-0.3, -0.25) is 4.79 Å². The quantitative estimate of drug-likeness (QED) is 0.659. The highest BCUT2D eigenvalue weighted by molar-refractivity contribution is 5.96. The van der Waals surface area contributed by atoms with Crippen LogP contribution in [0.15, 0.2) is 48.5 Å². The number of hydrogen-bond acceptors (Lipinski definition) is 5. The molecule has 26 heavy (non-hydrogen) atoms. The zero-order valence-electron chi connectivity index (χ0n) is 14.5. The van der Waals surface area contributed by atoms with E-state index in [0.717, 1.165) is 11.1 Å². The molecule has 1 aliphatic heterocycles. The Morgan fingerprint density at radius 3 is 2.73 bits per heavy atom. The number of rotatable bonds is 5. The first kappa shape index (κ1) is 17.5. The highest BCUT2D eigenvalue weighted by atomic mass is 16.7. The Balaban J connectivity index is 1.55. The maximum Gasteiger partial charge on any atom is 0.331 e. The van der Waals surface area contributed by atoms with Crippen molar-refractivity contribution in [2.45, 2.75) is 20.0 Å². The van der Waals surface area contributed by atoms with E-state index in [1.165, 1.54) is 13.0 Å². The predicted octanol–water partition coefficient (Wildman–Crippen LogP) is 3.31. The molecule has 1 amide bonds. The zero-order valence-corrected chi connectivity index (χ0v) is 14.5. The van der Waals surface area contributed by atoms with Crippen LogP contribution >= 0.6 is 0 Å². The monoisotopic (exact) mass is 353 g/mol. The Labute approximate surface area is 151 Å². The van der Waals surface area contributed by atoms with Gasteiger partial charge in [-0.25, -0.2) is 4.79 Å². The molecule has 0 aliphatic carbocycles. The molecule has 1 atom stereocenters. The first-order valence-corrected chi connectivity index (χ1v) is 8.18. The molecule has 1 N–H and O–H groups in total. The number of esters is 1. The summed E-state index contributed by atoms with van der Waals surface area (Å²) in [5.74, 6) is 0.181. The summed E-state index contributed by atoms with van der Waals surface area (Å²) in [5.41, 5.74) is 2.50. The van der Waals surface area contributed by atoms with Crippen molar-refractivity contribution in [3.8, 4) is 11.5 Å². The van der Waals surface area contributed by atoms with Crippen molar-refractivity contribution in [3.63, 3.8) is 0 Å². The number of benzene rings is 2. The summed E-state index contributed by atoms with van der Waals surface area (Å²) < 4.78 is 15.6. The van der Waals surface area contributed by atoms with Gasteiger partial charge in [-0.05, 0) is 43.2 Å². The van der Waals surface area contributed by atoms with Gasteiger partial charge in [-0.1, -0.05) is 24.3 Å². The summed E-state index contributed by atoms with van der Waals surface area (Å²) in [6.45, 7) is 3.63. The first-order valence-electron chi connectivity index (χ1n) is 8.18. The number of nitrogens with one attached hydrogen (secondary N) is 1. The third kappa shape index (κ3) is 4.22. The molecule has 0 radical (unpaired) electrons. The number of anilines is 1. The molecule has 0 aromatic heterocycles. The van der Waals surface area contributed by atoms with Gasteiger partial charge in [-0.2, -0.15) is 0 Å². The molecule has 0 unspecified atom stereocenters. The summed E-state index contributed by atoms with van der Waals surface area (Å²) in [4.78, 5) is 24.1. The number of ether oxygens (including phenoxy) is 3. The van der Waals surface area contributed by atoms with E-state index in [9.17, 15) is 9.59 Å². The summed E-state index contributed by atoms with van der Waals surface area (Å²) in [6.07, 6.45) is 2.04. The first-order chi connectivity index (χ1) is 12.5. The molecule has 0 fully saturated rings. The maximum atomic E-state index is 12.2. The maximum absolute atomic E-state index is 12.2. The van der Waals surface area contributed by atoms with Crippen LogP contribution in [0.3, 0.4) is 0 Å². The topological polar surface area (TPSA) is 73.9 Å². The number of aryl methyl sites for hydroxylation is 1. The Hall–Kier alpha value is -3.28. The van der Waals surface area contributed by atoms with Crippen LogP contribution in [0.25, 0.3) is 6.08 Å². The van der Waals surface area contributed by atoms with Crippen molar-refractivity contribution in [3.05, 3.63) is 59.7 Å². The Morgan fingerprint density at radius 2 is 1.92 bits per heavy atom. The standard InChI is InChI=1S/C20H19NO5/c1-13-5-3-4-6-15(13)7-10-19(22)26-14(2)20(23)21-16-8-9-17-18(11-16)25-12-24-17/h3-11,14H,12H2,1-2H3,(H,21,23)/b10-7+/t14-/m0/s1. The molecule has 0 spiro atoms. The van der Waals surface area contributed by atoms with Crippen LogP contribution in [0.4, 0.5) is 5.69 Å². The van der Waals surface area contributed by atoms with E-state index in [-0.39, 0.29) is 6.79 Å². The molecule has 0 saturated carbocycles. The highest BCUT2D eigenvalue weighted by Crippen LogP contribution is 2.34. The van der Waals surface area contributed by atoms with Crippen molar-refractivity contribution in [2.75, 3.05) is 12.1 Å². The SMILES string of the molecule is Cc1ccccc1/C=C/C(=O)O[C@@H](C)C(=O)Nc1ccc2c(c1)OCO2. The van der Waals surface area contributed by atoms with E-state index < -0.39 is 18.0 Å². The lowest BCUT2D eigenvalue weighted by molar-refractivity contribution is -0.148. The number of amides is 1. The largest absolute Gasteiger partial charge is 0.454 e. The molecule has 6 heteroatoms. The minimum atomic E-state index is -0.936. The lowest BCUT2D eigenvalue weighted by Gasteiger charge is -2.12. The summed E-state index contributed by atoms with van der Waals surface area (Å²) in [5, 5.41) is 2.68. The molecule has 2 aromatic carbocycles. The molecule has 6 nitrogen and oxygen atoms in total. The van der Waals surface area contributed by atoms with Crippen molar-refractivity contribution < 1.29 is 23.8 Å². The highest BCUT2D eigenvalue weighted by Gasteiger charge is 2.19. The molecule has 1 heterocycles. The Morgan fingerprint density at radius 1 is 1.15 bits per heavy atom. The van der Waals surface area contributed by atoms with Crippen LogP contribution in [0, 0.1) is 6.92 Å².